The summed E-state index contributed by atoms with van der Waals surface area (Å²) in [6.45, 7) is 5.61. The fourth-order valence-corrected chi connectivity index (χ4v) is 2.62. The summed E-state index contributed by atoms with van der Waals surface area (Å²) < 4.78 is 2.10. The molecule has 1 aromatic rings. The van der Waals surface area contributed by atoms with Crippen LogP contribution in [0.2, 0.25) is 0 Å². The highest BCUT2D eigenvalue weighted by Crippen LogP contribution is 2.18. The molecule has 2 atom stereocenters. The molecular weight excluding hydrogens is 212 g/mol. The van der Waals surface area contributed by atoms with Gasteiger partial charge in [-0.25, -0.2) is 4.98 Å². The first-order valence-electron chi connectivity index (χ1n) is 6.61. The minimum Gasteiger partial charge on any atom is -0.338 e. The predicted octanol–water partition coefficient (Wildman–Crippen LogP) is 1.02. The quantitative estimate of drug-likeness (QED) is 0.849. The molecule has 0 aliphatic carbocycles. The Balaban J connectivity index is 1.81. The molecule has 0 bridgehead atoms. The number of hydrogen-bond donors (Lipinski definition) is 1. The lowest BCUT2D eigenvalue weighted by Gasteiger charge is -2.34. The fraction of sp³-hybridized carbons (Fsp3) is 0.769. The average molecular weight is 236 g/mol. The summed E-state index contributed by atoms with van der Waals surface area (Å²) in [4.78, 5) is 6.90. The van der Waals surface area contributed by atoms with Crippen molar-refractivity contribution in [2.24, 2.45) is 18.7 Å². The normalized spacial score (nSPS) is 23.8. The molecule has 0 amide bonds. The van der Waals surface area contributed by atoms with E-state index in [2.05, 4.69) is 28.4 Å². The Morgan fingerprint density at radius 3 is 3.06 bits per heavy atom. The number of likely N-dealkylation sites (tertiary alicyclic amines) is 1. The van der Waals surface area contributed by atoms with Gasteiger partial charge in [0.05, 0.1) is 0 Å². The molecule has 4 nitrogen and oxygen atoms in total. The Bertz CT molecular complexity index is 345. The molecule has 4 heteroatoms. The minimum atomic E-state index is 0.325. The van der Waals surface area contributed by atoms with E-state index in [9.17, 15) is 0 Å². The van der Waals surface area contributed by atoms with Gasteiger partial charge in [0.2, 0.25) is 0 Å². The van der Waals surface area contributed by atoms with Crippen molar-refractivity contribution in [3.63, 3.8) is 0 Å². The van der Waals surface area contributed by atoms with Gasteiger partial charge in [-0.05, 0) is 32.2 Å². The number of hydrogen-bond acceptors (Lipinski definition) is 3. The number of nitrogens with zero attached hydrogens (tertiary/aromatic N) is 3. The molecule has 1 saturated heterocycles. The van der Waals surface area contributed by atoms with E-state index in [0.29, 0.717) is 12.0 Å². The summed E-state index contributed by atoms with van der Waals surface area (Å²) in [5.74, 6) is 1.85. The van der Waals surface area contributed by atoms with Crippen LogP contribution in [0.15, 0.2) is 12.4 Å². The Hall–Kier alpha value is -0.870. The van der Waals surface area contributed by atoms with Crippen molar-refractivity contribution in [3.05, 3.63) is 18.2 Å². The van der Waals surface area contributed by atoms with Crippen molar-refractivity contribution >= 4 is 0 Å². The van der Waals surface area contributed by atoms with Crippen LogP contribution in [0.3, 0.4) is 0 Å². The summed E-state index contributed by atoms with van der Waals surface area (Å²) in [6.07, 6.45) is 7.49. The van der Waals surface area contributed by atoms with E-state index in [0.717, 1.165) is 19.5 Å². The first kappa shape index (κ1) is 12.6. The van der Waals surface area contributed by atoms with Crippen LogP contribution in [0, 0.1) is 5.92 Å². The van der Waals surface area contributed by atoms with Crippen LogP contribution < -0.4 is 5.73 Å². The van der Waals surface area contributed by atoms with Crippen molar-refractivity contribution in [1.82, 2.24) is 14.5 Å². The zero-order valence-electron chi connectivity index (χ0n) is 11.0. The summed E-state index contributed by atoms with van der Waals surface area (Å²) in [6, 6.07) is 0.325. The molecule has 17 heavy (non-hydrogen) atoms. The Morgan fingerprint density at radius 2 is 2.41 bits per heavy atom. The third-order valence-corrected chi connectivity index (χ3v) is 3.86. The summed E-state index contributed by atoms with van der Waals surface area (Å²) in [5.41, 5.74) is 6.00. The lowest BCUT2D eigenvalue weighted by molar-refractivity contribution is 0.162. The third kappa shape index (κ3) is 3.30. The van der Waals surface area contributed by atoms with Gasteiger partial charge >= 0.3 is 0 Å². The molecule has 1 aromatic heterocycles. The van der Waals surface area contributed by atoms with Crippen molar-refractivity contribution in [2.75, 3.05) is 19.6 Å². The number of piperidine rings is 1. The van der Waals surface area contributed by atoms with Gasteiger partial charge in [-0.15, -0.1) is 0 Å². The highest BCUT2D eigenvalue weighted by molar-refractivity contribution is 4.92. The maximum absolute atomic E-state index is 6.00. The van der Waals surface area contributed by atoms with E-state index in [-0.39, 0.29) is 0 Å². The van der Waals surface area contributed by atoms with Crippen LogP contribution in [0.1, 0.15) is 25.6 Å². The molecule has 2 N–H and O–H groups in total. The van der Waals surface area contributed by atoms with Crippen LogP contribution in [0.4, 0.5) is 0 Å². The van der Waals surface area contributed by atoms with E-state index < -0.39 is 0 Å². The van der Waals surface area contributed by atoms with E-state index in [1.165, 1.54) is 25.2 Å². The topological polar surface area (TPSA) is 47.1 Å². The molecule has 1 fully saturated rings. The lowest BCUT2D eigenvalue weighted by Crippen LogP contribution is -2.43. The predicted molar refractivity (Wildman–Crippen MR) is 69.7 cm³/mol. The van der Waals surface area contributed by atoms with Crippen molar-refractivity contribution in [1.29, 1.82) is 0 Å². The van der Waals surface area contributed by atoms with Crippen LogP contribution in [0.25, 0.3) is 0 Å². The van der Waals surface area contributed by atoms with Crippen LogP contribution in [-0.2, 0) is 13.5 Å². The highest BCUT2D eigenvalue weighted by Gasteiger charge is 2.22. The maximum Gasteiger partial charge on any atom is 0.109 e. The second-order valence-electron chi connectivity index (χ2n) is 5.27. The van der Waals surface area contributed by atoms with Gasteiger partial charge in [-0.3, -0.25) is 0 Å². The van der Waals surface area contributed by atoms with Crippen LogP contribution in [-0.4, -0.2) is 40.1 Å². The first-order chi connectivity index (χ1) is 8.16. The highest BCUT2D eigenvalue weighted by atomic mass is 15.1. The summed E-state index contributed by atoms with van der Waals surface area (Å²) in [7, 11) is 2.06. The smallest absolute Gasteiger partial charge is 0.109 e. The van der Waals surface area contributed by atoms with Crippen molar-refractivity contribution < 1.29 is 0 Å². The molecule has 2 rings (SSSR count). The largest absolute Gasteiger partial charge is 0.338 e. The third-order valence-electron chi connectivity index (χ3n) is 3.86. The molecule has 0 aromatic carbocycles. The van der Waals surface area contributed by atoms with Crippen LogP contribution in [0.5, 0.6) is 0 Å². The van der Waals surface area contributed by atoms with E-state index >= 15 is 0 Å². The molecule has 2 heterocycles. The molecule has 96 valence electrons. The molecule has 0 spiro atoms. The fourth-order valence-electron chi connectivity index (χ4n) is 2.62. The second-order valence-corrected chi connectivity index (χ2v) is 5.27. The summed E-state index contributed by atoms with van der Waals surface area (Å²) in [5, 5.41) is 0. The lowest BCUT2D eigenvalue weighted by atomic mass is 9.92. The maximum atomic E-state index is 6.00. The van der Waals surface area contributed by atoms with E-state index in [4.69, 9.17) is 5.73 Å². The van der Waals surface area contributed by atoms with Crippen molar-refractivity contribution in [3.8, 4) is 0 Å². The number of imidazole rings is 1. The van der Waals surface area contributed by atoms with E-state index in [1.54, 1.807) is 0 Å². The number of nitrogens with two attached hydrogens (primary N) is 1. The first-order valence-corrected chi connectivity index (χ1v) is 6.61. The SMILES string of the molecule is CC(N)C1CCCN(CCc2nccn2C)C1. The second kappa shape index (κ2) is 5.65. The standard InChI is InChI=1S/C13H24N4/c1-11(14)12-4-3-7-17(10-12)8-5-13-15-6-9-16(13)2/h6,9,11-12H,3-5,7-8,10,14H2,1-2H3. The van der Waals surface area contributed by atoms with Gasteiger partial charge < -0.3 is 15.2 Å². The Kier molecular flexibility index (Phi) is 4.18. The molecule has 1 aliphatic heterocycles. The zero-order chi connectivity index (χ0) is 12.3. The zero-order valence-corrected chi connectivity index (χ0v) is 11.0. The van der Waals surface area contributed by atoms with Crippen LogP contribution >= 0.6 is 0 Å². The number of rotatable bonds is 4. The number of aromatic nitrogens is 2. The molecule has 0 radical (unpaired) electrons. The Labute approximate surface area is 104 Å². The molecule has 1 aliphatic rings. The van der Waals surface area contributed by atoms with Gasteiger partial charge in [0, 0.05) is 45.0 Å². The Morgan fingerprint density at radius 1 is 1.59 bits per heavy atom. The van der Waals surface area contributed by atoms with Crippen molar-refractivity contribution in [2.45, 2.75) is 32.2 Å². The minimum absolute atomic E-state index is 0.325. The summed E-state index contributed by atoms with van der Waals surface area (Å²) >= 11 is 0. The average Bonchev–Trinajstić information content (AvgIpc) is 2.72. The van der Waals surface area contributed by atoms with Gasteiger partial charge in [-0.2, -0.15) is 0 Å². The van der Waals surface area contributed by atoms with Gasteiger partial charge in [0.1, 0.15) is 5.82 Å². The van der Waals surface area contributed by atoms with Gasteiger partial charge in [-0.1, -0.05) is 0 Å². The molecule has 2 unspecified atom stereocenters. The van der Waals surface area contributed by atoms with Gasteiger partial charge in [0.15, 0.2) is 0 Å². The van der Waals surface area contributed by atoms with Gasteiger partial charge in [0.25, 0.3) is 0 Å². The number of aryl methyl sites for hydroxylation is 1. The van der Waals surface area contributed by atoms with E-state index in [1.807, 2.05) is 12.4 Å². The molecular formula is C13H24N4. The molecule has 0 saturated carbocycles. The monoisotopic (exact) mass is 236 g/mol.